The van der Waals surface area contributed by atoms with Crippen LogP contribution in [0.2, 0.25) is 0 Å². The molecule has 0 unspecified atom stereocenters. The minimum Gasteiger partial charge on any atom is -0.497 e. The highest BCUT2D eigenvalue weighted by atomic mass is 16.5. The molecule has 1 aliphatic heterocycles. The molecule has 1 fully saturated rings. The Morgan fingerprint density at radius 2 is 2.00 bits per heavy atom. The molecule has 9 nitrogen and oxygen atoms in total. The number of pyridine rings is 1. The van der Waals surface area contributed by atoms with E-state index in [9.17, 15) is 4.79 Å². The van der Waals surface area contributed by atoms with Gasteiger partial charge in [-0.25, -0.2) is 4.68 Å². The fraction of sp³-hybridized carbons (Fsp3) is 0.448. The van der Waals surface area contributed by atoms with E-state index < -0.39 is 0 Å². The molecule has 1 saturated heterocycles. The summed E-state index contributed by atoms with van der Waals surface area (Å²) in [4.78, 5) is 18.7. The lowest BCUT2D eigenvalue weighted by molar-refractivity contribution is 0.0888. The van der Waals surface area contributed by atoms with Crippen LogP contribution in [0.4, 0.5) is 0 Å². The number of nitrogens with one attached hydrogen (secondary N) is 1. The zero-order valence-corrected chi connectivity index (χ0v) is 22.6. The number of fused-ring (bicyclic) bond motifs is 1. The van der Waals surface area contributed by atoms with E-state index in [-0.39, 0.29) is 17.7 Å². The topological polar surface area (TPSA) is 98.2 Å². The van der Waals surface area contributed by atoms with Gasteiger partial charge in [0.25, 0.3) is 5.56 Å². The first-order chi connectivity index (χ1) is 18.4. The highest BCUT2D eigenvalue weighted by Gasteiger charge is 2.28. The van der Waals surface area contributed by atoms with Gasteiger partial charge >= 0.3 is 0 Å². The zero-order valence-electron chi connectivity index (χ0n) is 22.6. The lowest BCUT2D eigenvalue weighted by Crippen LogP contribution is -2.33. The number of H-pyrrole nitrogens is 1. The molecule has 1 N–H and O–H groups in total. The van der Waals surface area contributed by atoms with E-state index in [1.54, 1.807) is 7.11 Å². The summed E-state index contributed by atoms with van der Waals surface area (Å²) < 4.78 is 13.1. The summed E-state index contributed by atoms with van der Waals surface area (Å²) in [7, 11) is 1.66. The summed E-state index contributed by atoms with van der Waals surface area (Å²) in [6, 6.07) is 14.2. The number of nitrogens with zero attached hydrogens (tertiary/aromatic N) is 5. The summed E-state index contributed by atoms with van der Waals surface area (Å²) in [5.74, 6) is 1.60. The van der Waals surface area contributed by atoms with E-state index in [1.807, 2.05) is 29.8 Å². The molecular formula is C29H36N6O3. The number of aromatic amines is 1. The summed E-state index contributed by atoms with van der Waals surface area (Å²) in [5.41, 5.74) is 4.89. The van der Waals surface area contributed by atoms with E-state index in [4.69, 9.17) is 9.47 Å². The van der Waals surface area contributed by atoms with Crippen LogP contribution < -0.4 is 10.3 Å². The molecule has 38 heavy (non-hydrogen) atoms. The molecule has 0 saturated carbocycles. The van der Waals surface area contributed by atoms with Crippen molar-refractivity contribution in [2.75, 3.05) is 13.7 Å². The Morgan fingerprint density at radius 1 is 1.18 bits per heavy atom. The van der Waals surface area contributed by atoms with Crippen molar-refractivity contribution >= 4 is 10.9 Å². The first-order valence-corrected chi connectivity index (χ1v) is 13.3. The van der Waals surface area contributed by atoms with Crippen LogP contribution in [-0.2, 0) is 24.4 Å². The van der Waals surface area contributed by atoms with Crippen molar-refractivity contribution in [3.63, 3.8) is 0 Å². The van der Waals surface area contributed by atoms with E-state index >= 15 is 0 Å². The highest BCUT2D eigenvalue weighted by Crippen LogP contribution is 2.28. The Labute approximate surface area is 222 Å². The Balaban J connectivity index is 1.51. The SMILES string of the molecule is CC[C@H](c1nnnn1C[C@@H]1CCCO1)N(Cc1ccc(OC)cc1)Cc1cc2cc(C)cc(C)c2[nH]c1=O. The maximum absolute atomic E-state index is 13.3. The fourth-order valence-electron chi connectivity index (χ4n) is 5.48. The smallest absolute Gasteiger partial charge is 0.252 e. The van der Waals surface area contributed by atoms with Crippen molar-refractivity contribution in [3.05, 3.63) is 80.9 Å². The Hall–Kier alpha value is -3.56. The van der Waals surface area contributed by atoms with Crippen LogP contribution >= 0.6 is 0 Å². The minimum absolute atomic E-state index is 0.0713. The number of methoxy groups -OCH3 is 1. The van der Waals surface area contributed by atoms with Crippen LogP contribution in [0.15, 0.2) is 47.3 Å². The molecule has 2 aromatic carbocycles. The number of aryl methyl sites for hydroxylation is 2. The molecule has 1 aliphatic rings. The van der Waals surface area contributed by atoms with Gasteiger partial charge in [0.15, 0.2) is 5.82 Å². The zero-order chi connectivity index (χ0) is 26.6. The van der Waals surface area contributed by atoms with E-state index in [0.717, 1.165) is 59.5 Å². The number of benzene rings is 2. The molecular weight excluding hydrogens is 480 g/mol. The second kappa shape index (κ2) is 11.4. The van der Waals surface area contributed by atoms with Crippen LogP contribution in [0.25, 0.3) is 10.9 Å². The number of hydrogen-bond donors (Lipinski definition) is 1. The number of hydrogen-bond acceptors (Lipinski definition) is 7. The molecule has 9 heteroatoms. The molecule has 2 atom stereocenters. The van der Waals surface area contributed by atoms with Crippen molar-refractivity contribution in [1.29, 1.82) is 0 Å². The Bertz CT molecular complexity index is 1440. The molecule has 4 aromatic rings. The first kappa shape index (κ1) is 26.1. The van der Waals surface area contributed by atoms with Crippen LogP contribution in [-0.4, -0.2) is 49.9 Å². The molecule has 3 heterocycles. The standard InChI is InChI=1S/C29H36N6O3/c1-5-26(28-31-32-33-35(28)18-25-7-6-12-38-25)34(16-21-8-10-24(37-4)11-9-21)17-23-15-22-14-19(2)13-20(3)27(22)30-29(23)36/h8-11,13-15,25-26H,5-7,12,16-18H2,1-4H3,(H,30,36)/t25-,26+/m0/s1. The van der Waals surface area contributed by atoms with Crippen LogP contribution in [0, 0.1) is 13.8 Å². The van der Waals surface area contributed by atoms with Gasteiger partial charge in [-0.15, -0.1) is 5.10 Å². The second-order valence-corrected chi connectivity index (χ2v) is 10.2. The third kappa shape index (κ3) is 5.63. The number of rotatable bonds is 10. The molecule has 0 spiro atoms. The van der Waals surface area contributed by atoms with Gasteiger partial charge in [-0.2, -0.15) is 0 Å². The van der Waals surface area contributed by atoms with Crippen molar-refractivity contribution in [2.24, 2.45) is 0 Å². The van der Waals surface area contributed by atoms with Crippen LogP contribution in [0.1, 0.15) is 60.3 Å². The van der Waals surface area contributed by atoms with Crippen molar-refractivity contribution in [2.45, 2.75) is 71.8 Å². The highest BCUT2D eigenvalue weighted by molar-refractivity contribution is 5.82. The van der Waals surface area contributed by atoms with Gasteiger partial charge in [-0.1, -0.05) is 30.7 Å². The van der Waals surface area contributed by atoms with E-state index in [2.05, 4.69) is 63.5 Å². The van der Waals surface area contributed by atoms with Gasteiger partial charge in [0.1, 0.15) is 5.75 Å². The Kier molecular flexibility index (Phi) is 7.85. The number of aromatic nitrogens is 5. The van der Waals surface area contributed by atoms with Gasteiger partial charge in [0, 0.05) is 25.3 Å². The second-order valence-electron chi connectivity index (χ2n) is 10.2. The van der Waals surface area contributed by atoms with Gasteiger partial charge < -0.3 is 14.5 Å². The summed E-state index contributed by atoms with van der Waals surface area (Å²) in [6.45, 7) is 8.73. The summed E-state index contributed by atoms with van der Waals surface area (Å²) in [6.07, 6.45) is 2.98. The Morgan fingerprint density at radius 3 is 2.71 bits per heavy atom. The van der Waals surface area contributed by atoms with E-state index in [0.29, 0.717) is 25.2 Å². The number of tetrazole rings is 1. The average molecular weight is 517 g/mol. The third-order valence-electron chi connectivity index (χ3n) is 7.37. The quantitative estimate of drug-likeness (QED) is 0.332. The lowest BCUT2D eigenvalue weighted by Gasteiger charge is -2.30. The molecule has 0 bridgehead atoms. The van der Waals surface area contributed by atoms with Crippen LogP contribution in [0.5, 0.6) is 5.75 Å². The number of ether oxygens (including phenoxy) is 2. The molecule has 0 radical (unpaired) electrons. The van der Waals surface area contributed by atoms with Crippen molar-refractivity contribution in [3.8, 4) is 5.75 Å². The van der Waals surface area contributed by atoms with Gasteiger partial charge in [0.05, 0.1) is 31.3 Å². The molecule has 0 amide bonds. The maximum Gasteiger partial charge on any atom is 0.252 e. The van der Waals surface area contributed by atoms with Crippen LogP contribution in [0.3, 0.4) is 0 Å². The maximum atomic E-state index is 13.3. The minimum atomic E-state index is -0.0946. The molecule has 2 aromatic heterocycles. The lowest BCUT2D eigenvalue weighted by atomic mass is 10.0. The largest absolute Gasteiger partial charge is 0.497 e. The van der Waals surface area contributed by atoms with E-state index in [1.165, 1.54) is 5.56 Å². The van der Waals surface area contributed by atoms with Crippen molar-refractivity contribution < 1.29 is 9.47 Å². The average Bonchev–Trinajstić information content (AvgIpc) is 3.59. The summed E-state index contributed by atoms with van der Waals surface area (Å²) in [5, 5.41) is 13.8. The van der Waals surface area contributed by atoms with Gasteiger partial charge in [-0.3, -0.25) is 9.69 Å². The third-order valence-corrected chi connectivity index (χ3v) is 7.37. The molecule has 200 valence electrons. The summed E-state index contributed by atoms with van der Waals surface area (Å²) >= 11 is 0. The molecule has 5 rings (SSSR count). The molecule has 0 aliphatic carbocycles. The fourth-order valence-corrected chi connectivity index (χ4v) is 5.48. The van der Waals surface area contributed by atoms with Gasteiger partial charge in [0.2, 0.25) is 0 Å². The monoisotopic (exact) mass is 516 g/mol. The predicted octanol–water partition coefficient (Wildman–Crippen LogP) is 4.47. The first-order valence-electron chi connectivity index (χ1n) is 13.3. The van der Waals surface area contributed by atoms with Crippen molar-refractivity contribution in [1.82, 2.24) is 30.1 Å². The predicted molar refractivity (Wildman–Crippen MR) is 146 cm³/mol. The normalized spacial score (nSPS) is 16.4. The van der Waals surface area contributed by atoms with Gasteiger partial charge in [-0.05, 0) is 84.3 Å².